The van der Waals surface area contributed by atoms with E-state index in [2.05, 4.69) is 15.0 Å². The zero-order valence-electron chi connectivity index (χ0n) is 8.53. The summed E-state index contributed by atoms with van der Waals surface area (Å²) in [5, 5.41) is -0.456. The van der Waals surface area contributed by atoms with Crippen molar-refractivity contribution in [3.63, 3.8) is 0 Å². The van der Waals surface area contributed by atoms with E-state index in [1.54, 1.807) is 6.92 Å². The third kappa shape index (κ3) is 2.38. The van der Waals surface area contributed by atoms with E-state index in [0.717, 1.165) is 6.07 Å². The fourth-order valence-electron chi connectivity index (χ4n) is 1.29. The summed E-state index contributed by atoms with van der Waals surface area (Å²) < 4.78 is 38.9. The molecule has 0 unspecified atom stereocenters. The predicted molar refractivity (Wildman–Crippen MR) is 53.9 cm³/mol. The third-order valence-electron chi connectivity index (χ3n) is 2.05. The second kappa shape index (κ2) is 3.99. The Bertz CT molecular complexity index is 549. The number of hydrogen-bond donors (Lipinski definition) is 0. The standard InChI is InChI=1S/C9H6ClF3N4/c1-5-14-2-3-17(5)7-4-6(9(11,12)13)15-8(10)16-7/h2-4H,1H3. The van der Waals surface area contributed by atoms with E-state index in [4.69, 9.17) is 11.6 Å². The highest BCUT2D eigenvalue weighted by Gasteiger charge is 2.33. The molecule has 0 aromatic carbocycles. The topological polar surface area (TPSA) is 43.6 Å². The molecule has 0 saturated heterocycles. The first-order valence-corrected chi connectivity index (χ1v) is 4.88. The van der Waals surface area contributed by atoms with E-state index in [1.807, 2.05) is 0 Å². The summed E-state index contributed by atoms with van der Waals surface area (Å²) >= 11 is 5.47. The lowest BCUT2D eigenvalue weighted by Crippen LogP contribution is -2.11. The van der Waals surface area contributed by atoms with Gasteiger partial charge in [0.2, 0.25) is 5.28 Å². The Morgan fingerprint density at radius 3 is 2.53 bits per heavy atom. The van der Waals surface area contributed by atoms with Crippen LogP contribution in [0.3, 0.4) is 0 Å². The minimum Gasteiger partial charge on any atom is -0.288 e. The van der Waals surface area contributed by atoms with Crippen molar-refractivity contribution < 1.29 is 13.2 Å². The normalized spacial score (nSPS) is 11.8. The summed E-state index contributed by atoms with van der Waals surface area (Å²) in [5.41, 5.74) is -1.08. The molecule has 8 heteroatoms. The maximum atomic E-state index is 12.5. The highest BCUT2D eigenvalue weighted by atomic mass is 35.5. The Balaban J connectivity index is 2.57. The Kier molecular flexibility index (Phi) is 2.78. The van der Waals surface area contributed by atoms with E-state index < -0.39 is 17.2 Å². The molecule has 0 fully saturated rings. The molecule has 0 amide bonds. The van der Waals surface area contributed by atoms with Gasteiger partial charge in [-0.25, -0.2) is 9.97 Å². The summed E-state index contributed by atoms with van der Waals surface area (Å²) in [7, 11) is 0. The average Bonchev–Trinajstić information content (AvgIpc) is 2.62. The number of hydrogen-bond acceptors (Lipinski definition) is 3. The Morgan fingerprint density at radius 1 is 1.29 bits per heavy atom. The van der Waals surface area contributed by atoms with Crippen LogP contribution in [0.15, 0.2) is 18.5 Å². The van der Waals surface area contributed by atoms with Crippen LogP contribution in [0.5, 0.6) is 0 Å². The molecule has 2 heterocycles. The number of aryl methyl sites for hydroxylation is 1. The fraction of sp³-hybridized carbons (Fsp3) is 0.222. The van der Waals surface area contributed by atoms with Crippen LogP contribution in [-0.2, 0) is 6.18 Å². The van der Waals surface area contributed by atoms with Crippen LogP contribution >= 0.6 is 11.6 Å². The van der Waals surface area contributed by atoms with E-state index >= 15 is 0 Å². The number of aromatic nitrogens is 4. The monoisotopic (exact) mass is 262 g/mol. The number of rotatable bonds is 1. The van der Waals surface area contributed by atoms with Crippen molar-refractivity contribution in [3.05, 3.63) is 35.3 Å². The van der Waals surface area contributed by atoms with Crippen LogP contribution in [0, 0.1) is 6.92 Å². The average molecular weight is 263 g/mol. The van der Waals surface area contributed by atoms with Crippen molar-refractivity contribution in [2.75, 3.05) is 0 Å². The molecular weight excluding hydrogens is 257 g/mol. The molecule has 0 spiro atoms. The smallest absolute Gasteiger partial charge is 0.288 e. The first-order valence-electron chi connectivity index (χ1n) is 4.50. The van der Waals surface area contributed by atoms with Crippen molar-refractivity contribution >= 4 is 11.6 Å². The second-order valence-corrected chi connectivity index (χ2v) is 3.56. The van der Waals surface area contributed by atoms with Crippen LogP contribution in [0.25, 0.3) is 5.82 Å². The van der Waals surface area contributed by atoms with Gasteiger partial charge in [0.05, 0.1) is 0 Å². The SMILES string of the molecule is Cc1nccn1-c1cc(C(F)(F)F)nc(Cl)n1. The third-order valence-corrected chi connectivity index (χ3v) is 2.22. The number of alkyl halides is 3. The zero-order valence-corrected chi connectivity index (χ0v) is 9.29. The van der Waals surface area contributed by atoms with Crippen LogP contribution in [-0.4, -0.2) is 19.5 Å². The first kappa shape index (κ1) is 11.8. The number of nitrogens with zero attached hydrogens (tertiary/aromatic N) is 4. The van der Waals surface area contributed by atoms with Gasteiger partial charge in [-0.2, -0.15) is 18.2 Å². The molecule has 0 aliphatic rings. The summed E-state index contributed by atoms with van der Waals surface area (Å²) in [6.45, 7) is 1.64. The van der Waals surface area contributed by atoms with Gasteiger partial charge >= 0.3 is 6.18 Å². The highest BCUT2D eigenvalue weighted by Crippen LogP contribution is 2.29. The minimum absolute atomic E-state index is 0.0346. The van der Waals surface area contributed by atoms with Gasteiger partial charge in [0, 0.05) is 18.5 Å². The molecule has 17 heavy (non-hydrogen) atoms. The maximum Gasteiger partial charge on any atom is 0.433 e. The Hall–Kier alpha value is -1.63. The molecule has 0 radical (unpaired) electrons. The molecule has 90 valence electrons. The molecule has 0 bridgehead atoms. The van der Waals surface area contributed by atoms with Crippen molar-refractivity contribution in [1.82, 2.24) is 19.5 Å². The molecule has 0 saturated carbocycles. The summed E-state index contributed by atoms with van der Waals surface area (Å²) in [4.78, 5) is 10.8. The van der Waals surface area contributed by atoms with Gasteiger partial charge in [-0.15, -0.1) is 0 Å². The van der Waals surface area contributed by atoms with Crippen molar-refractivity contribution in [3.8, 4) is 5.82 Å². The van der Waals surface area contributed by atoms with Gasteiger partial charge in [-0.05, 0) is 18.5 Å². The van der Waals surface area contributed by atoms with Gasteiger partial charge < -0.3 is 0 Å². The quantitative estimate of drug-likeness (QED) is 0.742. The fourth-order valence-corrected chi connectivity index (χ4v) is 1.47. The molecule has 0 aliphatic carbocycles. The molecule has 0 atom stereocenters. The lowest BCUT2D eigenvalue weighted by atomic mass is 10.4. The molecular formula is C9H6ClF3N4. The Morgan fingerprint density at radius 2 is 2.00 bits per heavy atom. The van der Waals surface area contributed by atoms with E-state index in [-0.39, 0.29) is 5.82 Å². The van der Waals surface area contributed by atoms with E-state index in [9.17, 15) is 13.2 Å². The molecule has 4 nitrogen and oxygen atoms in total. The summed E-state index contributed by atoms with van der Waals surface area (Å²) in [6.07, 6.45) is -1.61. The molecule has 0 N–H and O–H groups in total. The molecule has 0 aliphatic heterocycles. The van der Waals surface area contributed by atoms with Crippen LogP contribution in [0.2, 0.25) is 5.28 Å². The van der Waals surface area contributed by atoms with Crippen molar-refractivity contribution in [1.29, 1.82) is 0 Å². The highest BCUT2D eigenvalue weighted by molar-refractivity contribution is 6.28. The van der Waals surface area contributed by atoms with Crippen molar-refractivity contribution in [2.45, 2.75) is 13.1 Å². The van der Waals surface area contributed by atoms with Crippen LogP contribution in [0.4, 0.5) is 13.2 Å². The maximum absolute atomic E-state index is 12.5. The molecule has 2 aromatic heterocycles. The lowest BCUT2D eigenvalue weighted by Gasteiger charge is -2.09. The molecule has 2 aromatic rings. The zero-order chi connectivity index (χ0) is 12.6. The van der Waals surface area contributed by atoms with Gasteiger partial charge in [0.1, 0.15) is 11.6 Å². The lowest BCUT2D eigenvalue weighted by molar-refractivity contribution is -0.141. The molecule has 2 rings (SSSR count). The van der Waals surface area contributed by atoms with E-state index in [1.165, 1.54) is 17.0 Å². The Labute approximate surface area is 99.1 Å². The van der Waals surface area contributed by atoms with Crippen LogP contribution < -0.4 is 0 Å². The van der Waals surface area contributed by atoms with Gasteiger partial charge in [-0.1, -0.05) is 0 Å². The van der Waals surface area contributed by atoms with Crippen LogP contribution in [0.1, 0.15) is 11.5 Å². The number of imidazole rings is 1. The minimum atomic E-state index is -4.56. The number of halogens is 4. The second-order valence-electron chi connectivity index (χ2n) is 3.22. The first-order chi connectivity index (χ1) is 7.88. The largest absolute Gasteiger partial charge is 0.433 e. The van der Waals surface area contributed by atoms with Crippen molar-refractivity contribution in [2.24, 2.45) is 0 Å². The van der Waals surface area contributed by atoms with Gasteiger partial charge in [0.15, 0.2) is 5.69 Å². The van der Waals surface area contributed by atoms with Gasteiger partial charge in [0.25, 0.3) is 0 Å². The van der Waals surface area contributed by atoms with Gasteiger partial charge in [-0.3, -0.25) is 4.57 Å². The predicted octanol–water partition coefficient (Wildman–Crippen LogP) is 2.64. The summed E-state index contributed by atoms with van der Waals surface area (Å²) in [5.74, 6) is 0.542. The van der Waals surface area contributed by atoms with E-state index in [0.29, 0.717) is 5.82 Å². The summed E-state index contributed by atoms with van der Waals surface area (Å²) in [6, 6.07) is 0.820.